The van der Waals surface area contributed by atoms with Gasteiger partial charge in [0.25, 0.3) is 0 Å². The monoisotopic (exact) mass is 518 g/mol. The highest BCUT2D eigenvalue weighted by atomic mass is 127. The van der Waals surface area contributed by atoms with Crippen LogP contribution in [0.5, 0.6) is 0 Å². The minimum absolute atomic E-state index is 0. The van der Waals surface area contributed by atoms with E-state index in [0.29, 0.717) is 19.6 Å². The number of nitrogens with one attached hydrogen (secondary N) is 1. The van der Waals surface area contributed by atoms with Crippen LogP contribution < -0.4 is 5.32 Å². The number of sulfone groups is 1. The summed E-state index contributed by atoms with van der Waals surface area (Å²) in [6, 6.07) is 3.91. The van der Waals surface area contributed by atoms with Gasteiger partial charge in [-0.1, -0.05) is 6.07 Å². The van der Waals surface area contributed by atoms with Crippen molar-refractivity contribution in [2.45, 2.75) is 32.1 Å². The molecular weight excluding hydrogens is 491 g/mol. The molecule has 3 rings (SSSR count). The fraction of sp³-hybridized carbons (Fsp3) is 0.500. The van der Waals surface area contributed by atoms with Crippen LogP contribution >= 0.6 is 24.0 Å². The summed E-state index contributed by atoms with van der Waals surface area (Å²) < 4.78 is 25.5. The molecule has 0 aromatic carbocycles. The summed E-state index contributed by atoms with van der Waals surface area (Å²) in [5.41, 5.74) is 0.984. The summed E-state index contributed by atoms with van der Waals surface area (Å²) in [5, 5.41) is 3.27. The van der Waals surface area contributed by atoms with E-state index in [-0.39, 0.29) is 29.7 Å². The van der Waals surface area contributed by atoms with Crippen molar-refractivity contribution >= 4 is 39.8 Å². The highest BCUT2D eigenvalue weighted by Gasteiger charge is 2.40. The molecule has 1 aliphatic rings. The molecule has 0 aliphatic carbocycles. The number of pyridine rings is 1. The molecule has 1 fully saturated rings. The number of hydrogen-bond donors (Lipinski definition) is 1. The summed E-state index contributed by atoms with van der Waals surface area (Å²) in [6.07, 6.45) is 7.06. The number of imidazole rings is 1. The van der Waals surface area contributed by atoms with E-state index >= 15 is 0 Å². The fourth-order valence-electron chi connectivity index (χ4n) is 2.97. The van der Waals surface area contributed by atoms with Gasteiger partial charge in [-0.3, -0.25) is 4.57 Å². The molecule has 0 unspecified atom stereocenters. The molecule has 0 amide bonds. The third kappa shape index (κ3) is 5.02. The van der Waals surface area contributed by atoms with Crippen LogP contribution in [0, 0.1) is 0 Å². The largest absolute Gasteiger partial charge is 0.357 e. The maximum Gasteiger partial charge on any atom is 0.194 e. The molecular formula is C18H27IN6O2S. The van der Waals surface area contributed by atoms with E-state index in [1.165, 1.54) is 0 Å². The summed E-state index contributed by atoms with van der Waals surface area (Å²) in [5.74, 6) is 1.68. The highest BCUT2D eigenvalue weighted by Crippen LogP contribution is 2.23. The Morgan fingerprint density at radius 1 is 1.36 bits per heavy atom. The third-order valence-corrected chi connectivity index (χ3v) is 7.20. The Kier molecular flexibility index (Phi) is 7.43. The Labute approximate surface area is 183 Å². The van der Waals surface area contributed by atoms with Gasteiger partial charge in [-0.05, 0) is 32.4 Å². The zero-order valence-electron chi connectivity index (χ0n) is 16.4. The second kappa shape index (κ2) is 9.21. The van der Waals surface area contributed by atoms with Crippen molar-refractivity contribution in [3.8, 4) is 5.82 Å². The lowest BCUT2D eigenvalue weighted by Gasteiger charge is -2.39. The average molecular weight is 518 g/mol. The molecule has 0 saturated carbocycles. The summed E-state index contributed by atoms with van der Waals surface area (Å²) >= 11 is 0. The Morgan fingerprint density at radius 2 is 2.14 bits per heavy atom. The molecule has 0 radical (unpaired) electrons. The topological polar surface area (TPSA) is 92.5 Å². The Morgan fingerprint density at radius 3 is 2.71 bits per heavy atom. The molecule has 3 heterocycles. The van der Waals surface area contributed by atoms with Crippen LogP contribution in [-0.4, -0.2) is 63.9 Å². The predicted octanol–water partition coefficient (Wildman–Crippen LogP) is 1.86. The van der Waals surface area contributed by atoms with Gasteiger partial charge < -0.3 is 10.2 Å². The fourth-order valence-corrected chi connectivity index (χ4v) is 4.34. The normalized spacial score (nSPS) is 18.4. The summed E-state index contributed by atoms with van der Waals surface area (Å²) in [6.45, 7) is 7.63. The van der Waals surface area contributed by atoms with E-state index in [4.69, 9.17) is 4.99 Å². The van der Waals surface area contributed by atoms with Gasteiger partial charge in [0.05, 0.1) is 17.0 Å². The second-order valence-corrected chi connectivity index (χ2v) is 9.91. The van der Waals surface area contributed by atoms with Crippen molar-refractivity contribution < 1.29 is 8.42 Å². The molecule has 2 aromatic heterocycles. The number of aliphatic imine (C=N–C) groups is 1. The SMILES string of the molecule is CCNC(=NCc1ccc(-n2ccnc2)nc1)N1CCS(=O)(=O)C(C)(C)C1.I. The molecule has 1 aliphatic heterocycles. The standard InChI is InChI=1S/C18H26N6O2S.HI/c1-4-20-17(23-9-10-27(25,26)18(2,3)13-23)22-12-15-5-6-16(21-11-15)24-8-7-19-14-24;/h5-8,11,14H,4,9-10,12-13H2,1-3H3,(H,20,22);1H. The maximum atomic E-state index is 12.2. The first kappa shape index (κ1) is 22.6. The molecule has 0 spiro atoms. The van der Waals surface area contributed by atoms with Crippen LogP contribution in [0.1, 0.15) is 26.3 Å². The molecule has 0 atom stereocenters. The van der Waals surface area contributed by atoms with Gasteiger partial charge in [-0.15, -0.1) is 24.0 Å². The van der Waals surface area contributed by atoms with Gasteiger partial charge >= 0.3 is 0 Å². The number of hydrogen-bond acceptors (Lipinski definition) is 5. The van der Waals surface area contributed by atoms with Crippen molar-refractivity contribution in [3.63, 3.8) is 0 Å². The van der Waals surface area contributed by atoms with Crippen molar-refractivity contribution in [3.05, 3.63) is 42.6 Å². The molecule has 8 nitrogen and oxygen atoms in total. The van der Waals surface area contributed by atoms with Crippen LogP contribution in [0.3, 0.4) is 0 Å². The van der Waals surface area contributed by atoms with E-state index in [1.54, 1.807) is 32.6 Å². The Balaban J connectivity index is 0.00000280. The van der Waals surface area contributed by atoms with Gasteiger partial charge in [0.1, 0.15) is 12.1 Å². The molecule has 28 heavy (non-hydrogen) atoms. The van der Waals surface area contributed by atoms with Gasteiger partial charge in [0, 0.05) is 38.2 Å². The lowest BCUT2D eigenvalue weighted by atomic mass is 10.2. The quantitative estimate of drug-likeness (QED) is 0.378. The van der Waals surface area contributed by atoms with E-state index < -0.39 is 14.6 Å². The van der Waals surface area contributed by atoms with Crippen LogP contribution in [0.2, 0.25) is 0 Å². The number of guanidine groups is 1. The minimum Gasteiger partial charge on any atom is -0.357 e. The molecule has 1 saturated heterocycles. The summed E-state index contributed by atoms with van der Waals surface area (Å²) in [7, 11) is -3.08. The van der Waals surface area contributed by atoms with Crippen molar-refractivity contribution in [2.24, 2.45) is 4.99 Å². The second-order valence-electron chi connectivity index (χ2n) is 7.16. The van der Waals surface area contributed by atoms with E-state index in [2.05, 4.69) is 15.3 Å². The molecule has 10 heteroatoms. The van der Waals surface area contributed by atoms with E-state index in [0.717, 1.165) is 23.9 Å². The number of halogens is 1. The van der Waals surface area contributed by atoms with Crippen LogP contribution in [-0.2, 0) is 16.4 Å². The van der Waals surface area contributed by atoms with E-state index in [9.17, 15) is 8.42 Å². The first-order chi connectivity index (χ1) is 12.8. The smallest absolute Gasteiger partial charge is 0.194 e. The molecule has 154 valence electrons. The number of rotatable bonds is 4. The van der Waals surface area contributed by atoms with Gasteiger partial charge in [-0.2, -0.15) is 0 Å². The lowest BCUT2D eigenvalue weighted by Crippen LogP contribution is -2.57. The first-order valence-corrected chi connectivity index (χ1v) is 10.7. The minimum atomic E-state index is -3.08. The molecule has 0 bridgehead atoms. The lowest BCUT2D eigenvalue weighted by molar-refractivity contribution is 0.353. The van der Waals surface area contributed by atoms with Gasteiger partial charge in [-0.25, -0.2) is 23.4 Å². The Bertz CT molecular complexity index is 895. The average Bonchev–Trinajstić information content (AvgIpc) is 3.16. The third-order valence-electron chi connectivity index (χ3n) is 4.67. The summed E-state index contributed by atoms with van der Waals surface area (Å²) in [4.78, 5) is 15.2. The number of aromatic nitrogens is 3. The zero-order chi connectivity index (χ0) is 19.5. The maximum absolute atomic E-state index is 12.2. The zero-order valence-corrected chi connectivity index (χ0v) is 19.5. The van der Waals surface area contributed by atoms with E-state index in [1.807, 2.05) is 34.7 Å². The van der Waals surface area contributed by atoms with Crippen LogP contribution in [0.4, 0.5) is 0 Å². The first-order valence-electron chi connectivity index (χ1n) is 9.01. The van der Waals surface area contributed by atoms with Gasteiger partial charge in [0.2, 0.25) is 0 Å². The number of nitrogens with zero attached hydrogens (tertiary/aromatic N) is 5. The van der Waals surface area contributed by atoms with Crippen LogP contribution in [0.15, 0.2) is 42.0 Å². The van der Waals surface area contributed by atoms with Crippen molar-refractivity contribution in [1.82, 2.24) is 24.8 Å². The molecule has 2 aromatic rings. The molecule has 1 N–H and O–H groups in total. The van der Waals surface area contributed by atoms with Crippen molar-refractivity contribution in [1.29, 1.82) is 0 Å². The highest BCUT2D eigenvalue weighted by molar-refractivity contribution is 14.0. The van der Waals surface area contributed by atoms with Crippen molar-refractivity contribution in [2.75, 3.05) is 25.4 Å². The Hall–Kier alpha value is -1.69. The predicted molar refractivity (Wildman–Crippen MR) is 121 cm³/mol. The van der Waals surface area contributed by atoms with Crippen LogP contribution in [0.25, 0.3) is 5.82 Å². The van der Waals surface area contributed by atoms with Gasteiger partial charge in [0.15, 0.2) is 15.8 Å².